The largest absolute Gasteiger partial charge is 0.363 e. The lowest BCUT2D eigenvalue weighted by Gasteiger charge is -2.13. The fourth-order valence-electron chi connectivity index (χ4n) is 2.05. The summed E-state index contributed by atoms with van der Waals surface area (Å²) in [6.45, 7) is 3.56. The Morgan fingerprint density at radius 3 is 2.60 bits per heavy atom. The van der Waals surface area contributed by atoms with Crippen LogP contribution >= 0.6 is 0 Å². The Hall–Kier alpha value is -1.21. The molecule has 0 aromatic carbocycles. The lowest BCUT2D eigenvalue weighted by Crippen LogP contribution is -2.28. The Morgan fingerprint density at radius 1 is 1.45 bits per heavy atom. The van der Waals surface area contributed by atoms with Gasteiger partial charge < -0.3 is 10.5 Å². The first-order valence-corrected chi connectivity index (χ1v) is 6.26. The number of aromatic nitrogens is 1. The fourth-order valence-corrected chi connectivity index (χ4v) is 2.05. The lowest BCUT2D eigenvalue weighted by molar-refractivity contribution is -0.135. The van der Waals surface area contributed by atoms with Crippen molar-refractivity contribution in [2.75, 3.05) is 0 Å². The van der Waals surface area contributed by atoms with Crippen LogP contribution in [0, 0.1) is 6.92 Å². The van der Waals surface area contributed by atoms with Gasteiger partial charge in [-0.1, -0.05) is 6.07 Å². The van der Waals surface area contributed by atoms with Crippen LogP contribution in [0.15, 0.2) is 12.3 Å². The highest BCUT2D eigenvalue weighted by Crippen LogP contribution is 2.45. The van der Waals surface area contributed by atoms with Crippen molar-refractivity contribution >= 4 is 0 Å². The zero-order valence-corrected chi connectivity index (χ0v) is 11.1. The minimum atomic E-state index is -4.03. The normalized spacial score (nSPS) is 24.0. The van der Waals surface area contributed by atoms with Crippen LogP contribution in [-0.2, 0) is 4.74 Å². The highest BCUT2D eigenvalue weighted by molar-refractivity contribution is 5.29. The second kappa shape index (κ2) is 5.29. The van der Waals surface area contributed by atoms with E-state index in [0.29, 0.717) is 5.69 Å². The standard InChI is InChI=1S/C13H16F4N2O/c1-6-3-8(7(2)18)5-19-10(6)11-9(20-11)4-13(16,17)12(14)15/h3,5,7,9,11-12H,4,18H2,1-2H3/t7-,9?,11?/m1/s1. The number of hydrogen-bond donors (Lipinski definition) is 1. The molecule has 1 aromatic rings. The average molecular weight is 292 g/mol. The number of hydrogen-bond acceptors (Lipinski definition) is 3. The van der Waals surface area contributed by atoms with Gasteiger partial charge in [-0.3, -0.25) is 4.98 Å². The van der Waals surface area contributed by atoms with Gasteiger partial charge in [-0.05, 0) is 25.0 Å². The van der Waals surface area contributed by atoms with Gasteiger partial charge in [-0.25, -0.2) is 17.6 Å². The maximum atomic E-state index is 12.9. The summed E-state index contributed by atoms with van der Waals surface area (Å²) >= 11 is 0. The predicted octanol–water partition coefficient (Wildman–Crippen LogP) is 3.14. The Bertz CT molecular complexity index is 493. The monoisotopic (exact) mass is 292 g/mol. The number of alkyl halides is 4. The summed E-state index contributed by atoms with van der Waals surface area (Å²) in [6.07, 6.45) is -4.67. The molecule has 20 heavy (non-hydrogen) atoms. The Morgan fingerprint density at radius 2 is 2.10 bits per heavy atom. The summed E-state index contributed by atoms with van der Waals surface area (Å²) in [5.74, 6) is -4.03. The Labute approximate surface area is 114 Å². The molecule has 0 bridgehead atoms. The maximum Gasteiger partial charge on any atom is 0.310 e. The van der Waals surface area contributed by atoms with Crippen LogP contribution in [0.2, 0.25) is 0 Å². The number of rotatable bonds is 5. The van der Waals surface area contributed by atoms with Crippen LogP contribution in [0.1, 0.15) is 42.3 Å². The number of nitrogens with two attached hydrogens (primary N) is 1. The molecule has 0 amide bonds. The second-order valence-corrected chi connectivity index (χ2v) is 5.12. The van der Waals surface area contributed by atoms with Crippen molar-refractivity contribution in [3.8, 4) is 0 Å². The quantitative estimate of drug-likeness (QED) is 0.670. The zero-order chi connectivity index (χ0) is 15.1. The van der Waals surface area contributed by atoms with Crippen LogP contribution in [0.3, 0.4) is 0 Å². The van der Waals surface area contributed by atoms with Gasteiger partial charge in [0.1, 0.15) is 6.10 Å². The fraction of sp³-hybridized carbons (Fsp3) is 0.615. The summed E-state index contributed by atoms with van der Waals surface area (Å²) in [5.41, 5.74) is 7.80. The first-order chi connectivity index (χ1) is 9.22. The van der Waals surface area contributed by atoms with Crippen molar-refractivity contribution in [1.82, 2.24) is 4.98 Å². The van der Waals surface area contributed by atoms with E-state index >= 15 is 0 Å². The number of epoxide rings is 1. The molecule has 1 saturated heterocycles. The molecule has 0 spiro atoms. The van der Waals surface area contributed by atoms with Crippen molar-refractivity contribution in [2.24, 2.45) is 5.73 Å². The highest BCUT2D eigenvalue weighted by atomic mass is 19.3. The third-order valence-corrected chi connectivity index (χ3v) is 3.31. The molecule has 2 N–H and O–H groups in total. The highest BCUT2D eigenvalue weighted by Gasteiger charge is 2.52. The Kier molecular flexibility index (Phi) is 4.02. The molecule has 0 aliphatic carbocycles. The molecule has 2 unspecified atom stereocenters. The lowest BCUT2D eigenvalue weighted by atomic mass is 10.0. The summed E-state index contributed by atoms with van der Waals surface area (Å²) in [5, 5.41) is 0. The van der Waals surface area contributed by atoms with Crippen molar-refractivity contribution in [3.05, 3.63) is 29.1 Å². The molecule has 112 valence electrons. The van der Waals surface area contributed by atoms with Gasteiger partial charge in [0.05, 0.1) is 11.8 Å². The molecule has 2 rings (SSSR count). The molecule has 2 heterocycles. The van der Waals surface area contributed by atoms with Gasteiger partial charge in [-0.2, -0.15) is 0 Å². The predicted molar refractivity (Wildman–Crippen MR) is 64.8 cm³/mol. The molecular formula is C13H16F4N2O. The van der Waals surface area contributed by atoms with Crippen molar-refractivity contribution in [1.29, 1.82) is 0 Å². The topological polar surface area (TPSA) is 51.4 Å². The van der Waals surface area contributed by atoms with Gasteiger partial charge >= 0.3 is 12.3 Å². The molecule has 3 atom stereocenters. The molecule has 1 aliphatic heterocycles. The van der Waals surface area contributed by atoms with Crippen molar-refractivity contribution < 1.29 is 22.3 Å². The van der Waals surface area contributed by atoms with Gasteiger partial charge in [-0.15, -0.1) is 0 Å². The van der Waals surface area contributed by atoms with E-state index in [9.17, 15) is 17.6 Å². The van der Waals surface area contributed by atoms with E-state index in [4.69, 9.17) is 10.5 Å². The van der Waals surface area contributed by atoms with Crippen LogP contribution in [0.5, 0.6) is 0 Å². The van der Waals surface area contributed by atoms with Crippen LogP contribution in [0.4, 0.5) is 17.6 Å². The van der Waals surface area contributed by atoms with E-state index in [-0.39, 0.29) is 6.04 Å². The summed E-state index contributed by atoms with van der Waals surface area (Å²) in [7, 11) is 0. The van der Waals surface area contributed by atoms with Gasteiger partial charge in [0.25, 0.3) is 0 Å². The van der Waals surface area contributed by atoms with Crippen molar-refractivity contribution in [3.63, 3.8) is 0 Å². The zero-order valence-electron chi connectivity index (χ0n) is 11.1. The number of halogens is 4. The van der Waals surface area contributed by atoms with E-state index in [2.05, 4.69) is 4.98 Å². The van der Waals surface area contributed by atoms with Crippen molar-refractivity contribution in [2.45, 2.75) is 50.9 Å². The third-order valence-electron chi connectivity index (χ3n) is 3.31. The Balaban J connectivity index is 2.05. The average Bonchev–Trinajstić information content (AvgIpc) is 3.06. The minimum absolute atomic E-state index is 0.186. The first kappa shape index (κ1) is 15.2. The molecule has 3 nitrogen and oxygen atoms in total. The van der Waals surface area contributed by atoms with Gasteiger partial charge in [0, 0.05) is 18.7 Å². The molecule has 7 heteroatoms. The van der Waals surface area contributed by atoms with Gasteiger partial charge in [0.2, 0.25) is 0 Å². The molecule has 0 saturated carbocycles. The summed E-state index contributed by atoms with van der Waals surface area (Å²) in [4.78, 5) is 4.15. The van der Waals surface area contributed by atoms with E-state index < -0.39 is 31.0 Å². The second-order valence-electron chi connectivity index (χ2n) is 5.12. The number of nitrogens with zero attached hydrogens (tertiary/aromatic N) is 1. The summed E-state index contributed by atoms with van der Waals surface area (Å²) in [6, 6.07) is 1.62. The van der Waals surface area contributed by atoms with Crippen LogP contribution in [0.25, 0.3) is 0 Å². The maximum absolute atomic E-state index is 12.9. The molecular weight excluding hydrogens is 276 g/mol. The SMILES string of the molecule is Cc1cc([C@@H](C)N)cnc1C1OC1CC(F)(F)C(F)F. The van der Waals surface area contributed by atoms with E-state index in [0.717, 1.165) is 11.1 Å². The van der Waals surface area contributed by atoms with E-state index in [1.165, 1.54) is 0 Å². The number of pyridine rings is 1. The van der Waals surface area contributed by atoms with Crippen LogP contribution < -0.4 is 5.73 Å². The molecule has 1 fully saturated rings. The number of aryl methyl sites for hydroxylation is 1. The minimum Gasteiger partial charge on any atom is -0.363 e. The third kappa shape index (κ3) is 3.09. The molecule has 1 aromatic heterocycles. The van der Waals surface area contributed by atoms with Gasteiger partial charge in [0.15, 0.2) is 0 Å². The van der Waals surface area contributed by atoms with Crippen LogP contribution in [-0.4, -0.2) is 23.4 Å². The molecule has 1 aliphatic rings. The smallest absolute Gasteiger partial charge is 0.310 e. The molecule has 0 radical (unpaired) electrons. The van der Waals surface area contributed by atoms with E-state index in [1.54, 1.807) is 26.1 Å². The number of ether oxygens (including phenoxy) is 1. The first-order valence-electron chi connectivity index (χ1n) is 6.26. The van der Waals surface area contributed by atoms with E-state index in [1.807, 2.05) is 0 Å². The summed E-state index contributed by atoms with van der Waals surface area (Å²) < 4.78 is 55.2.